The summed E-state index contributed by atoms with van der Waals surface area (Å²) < 4.78 is 4.54. The number of hydrogen-bond donors (Lipinski definition) is 0. The molecule has 0 unspecified atom stereocenters. The van der Waals surface area contributed by atoms with Crippen molar-refractivity contribution in [3.63, 3.8) is 0 Å². The maximum absolute atomic E-state index is 10.4. The summed E-state index contributed by atoms with van der Waals surface area (Å²) in [7, 11) is 0. The minimum Gasteiger partial charge on any atom is -0.405 e. The number of rotatable bonds is 1. The number of Topliss-reactive ketones (excluding diaryl/α,β-unsaturated/α-hetero) is 1. The van der Waals surface area contributed by atoms with Crippen molar-refractivity contribution >= 4 is 17.4 Å². The fraction of sp³-hybridized carbons (Fsp3) is 0.250. The average Bonchev–Trinajstić information content (AvgIpc) is 2.14. The predicted octanol–water partition coefficient (Wildman–Crippen LogP) is 0.926. The van der Waals surface area contributed by atoms with Gasteiger partial charge in [-0.05, 0) is 11.6 Å². The van der Waals surface area contributed by atoms with Gasteiger partial charge in [-0.1, -0.05) is 5.10 Å². The Morgan fingerprint density at radius 3 is 2.56 bits per heavy atom. The Balaban J connectivity index is 2.98. The van der Waals surface area contributed by atoms with Crippen LogP contribution in [0.3, 0.4) is 0 Å². The number of ketones is 1. The van der Waals surface area contributed by atoms with Gasteiger partial charge in [0.05, 0.1) is 0 Å². The van der Waals surface area contributed by atoms with Crippen LogP contribution in [-0.4, -0.2) is 16.0 Å². The minimum absolute atomic E-state index is 0.0556. The van der Waals surface area contributed by atoms with E-state index in [-0.39, 0.29) is 17.0 Å². The highest BCUT2D eigenvalue weighted by Gasteiger charge is 2.06. The first-order valence-electron chi connectivity index (χ1n) is 2.20. The molecule has 0 saturated heterocycles. The number of hydrogen-bond acceptors (Lipinski definition) is 4. The van der Waals surface area contributed by atoms with Crippen LogP contribution in [-0.2, 0) is 0 Å². The number of aromatic nitrogens is 2. The number of carbonyl (C=O) groups is 1. The molecule has 5 heteroatoms. The zero-order chi connectivity index (χ0) is 6.85. The minimum atomic E-state index is -0.283. The van der Waals surface area contributed by atoms with Gasteiger partial charge in [-0.25, -0.2) is 0 Å². The van der Waals surface area contributed by atoms with Crippen molar-refractivity contribution in [2.75, 3.05) is 0 Å². The van der Waals surface area contributed by atoms with Crippen molar-refractivity contribution in [2.45, 2.75) is 6.92 Å². The second-order valence-corrected chi connectivity index (χ2v) is 1.74. The van der Waals surface area contributed by atoms with Crippen molar-refractivity contribution in [3.05, 3.63) is 11.2 Å². The first-order valence-corrected chi connectivity index (χ1v) is 2.58. The van der Waals surface area contributed by atoms with E-state index in [0.717, 1.165) is 0 Å². The van der Waals surface area contributed by atoms with E-state index in [1.165, 1.54) is 6.92 Å². The van der Waals surface area contributed by atoms with E-state index in [1.54, 1.807) is 0 Å². The molecule has 0 aliphatic rings. The van der Waals surface area contributed by atoms with Crippen LogP contribution in [0.5, 0.6) is 0 Å². The van der Waals surface area contributed by atoms with Gasteiger partial charge in [-0.15, -0.1) is 5.10 Å². The topological polar surface area (TPSA) is 56.0 Å². The summed E-state index contributed by atoms with van der Waals surface area (Å²) >= 11 is 5.21. The smallest absolute Gasteiger partial charge is 0.313 e. The van der Waals surface area contributed by atoms with Gasteiger partial charge in [0.15, 0.2) is 0 Å². The highest BCUT2D eigenvalue weighted by Crippen LogP contribution is 2.04. The molecule has 48 valence electrons. The molecule has 0 saturated carbocycles. The molecule has 0 spiro atoms. The van der Waals surface area contributed by atoms with Crippen LogP contribution in [0.4, 0.5) is 0 Å². The summed E-state index contributed by atoms with van der Waals surface area (Å²) in [4.78, 5) is 10.4. The molecular formula is C4H3ClN2O2. The normalized spacial score (nSPS) is 9.56. The summed E-state index contributed by atoms with van der Waals surface area (Å²) in [5.74, 6) is -0.339. The Morgan fingerprint density at radius 2 is 2.33 bits per heavy atom. The Labute approximate surface area is 55.8 Å². The monoisotopic (exact) mass is 146 g/mol. The van der Waals surface area contributed by atoms with Crippen molar-refractivity contribution in [3.8, 4) is 0 Å². The predicted molar refractivity (Wildman–Crippen MR) is 29.3 cm³/mol. The van der Waals surface area contributed by atoms with Crippen LogP contribution in [0.25, 0.3) is 0 Å². The van der Waals surface area contributed by atoms with Gasteiger partial charge < -0.3 is 4.42 Å². The summed E-state index contributed by atoms with van der Waals surface area (Å²) in [6.45, 7) is 1.32. The molecule has 0 aliphatic carbocycles. The van der Waals surface area contributed by atoms with Crippen LogP contribution in [0, 0.1) is 0 Å². The maximum atomic E-state index is 10.4. The van der Waals surface area contributed by atoms with Crippen LogP contribution >= 0.6 is 11.6 Å². The highest BCUT2D eigenvalue weighted by molar-refractivity contribution is 6.27. The van der Waals surface area contributed by atoms with E-state index >= 15 is 0 Å². The standard InChI is InChI=1S/C4H3ClN2O2/c1-2(8)3-6-7-4(5)9-3/h1H3. The van der Waals surface area contributed by atoms with Crippen molar-refractivity contribution < 1.29 is 9.21 Å². The average molecular weight is 147 g/mol. The highest BCUT2D eigenvalue weighted by atomic mass is 35.5. The van der Waals surface area contributed by atoms with Crippen LogP contribution in [0.1, 0.15) is 17.6 Å². The van der Waals surface area contributed by atoms with E-state index in [4.69, 9.17) is 11.6 Å². The van der Waals surface area contributed by atoms with Gasteiger partial charge in [0.2, 0.25) is 5.78 Å². The van der Waals surface area contributed by atoms with Crippen LogP contribution < -0.4 is 0 Å². The Morgan fingerprint density at radius 1 is 1.67 bits per heavy atom. The molecular weight excluding hydrogens is 144 g/mol. The molecule has 4 nitrogen and oxygen atoms in total. The molecule has 1 aromatic heterocycles. The maximum Gasteiger partial charge on any atom is 0.313 e. The second-order valence-electron chi connectivity index (χ2n) is 1.42. The largest absolute Gasteiger partial charge is 0.405 e. The fourth-order valence-corrected chi connectivity index (χ4v) is 0.458. The molecule has 0 N–H and O–H groups in total. The van der Waals surface area contributed by atoms with E-state index in [0.29, 0.717) is 0 Å². The van der Waals surface area contributed by atoms with Crippen LogP contribution in [0.15, 0.2) is 4.42 Å². The third-order valence-electron chi connectivity index (χ3n) is 0.702. The molecule has 9 heavy (non-hydrogen) atoms. The van der Waals surface area contributed by atoms with E-state index < -0.39 is 0 Å². The lowest BCUT2D eigenvalue weighted by Gasteiger charge is -1.77. The quantitative estimate of drug-likeness (QED) is 0.553. The Hall–Kier alpha value is -0.900. The summed E-state index contributed by atoms with van der Waals surface area (Å²) in [5.41, 5.74) is 0. The molecule has 0 radical (unpaired) electrons. The van der Waals surface area contributed by atoms with Gasteiger partial charge in [0.25, 0.3) is 5.89 Å². The van der Waals surface area contributed by atoms with E-state index in [1.807, 2.05) is 0 Å². The molecule has 0 bridgehead atoms. The molecule has 0 atom stereocenters. The lowest BCUT2D eigenvalue weighted by atomic mass is 10.5. The van der Waals surface area contributed by atoms with Crippen molar-refractivity contribution in [2.24, 2.45) is 0 Å². The Kier molecular flexibility index (Phi) is 1.48. The third kappa shape index (κ3) is 1.26. The lowest BCUT2D eigenvalue weighted by Crippen LogP contribution is -1.90. The van der Waals surface area contributed by atoms with Gasteiger partial charge >= 0.3 is 5.35 Å². The first-order chi connectivity index (χ1) is 4.20. The number of halogens is 1. The van der Waals surface area contributed by atoms with Gasteiger partial charge in [0.1, 0.15) is 0 Å². The van der Waals surface area contributed by atoms with Gasteiger partial charge in [0, 0.05) is 6.92 Å². The molecule has 0 amide bonds. The van der Waals surface area contributed by atoms with Crippen molar-refractivity contribution in [1.82, 2.24) is 10.2 Å². The second kappa shape index (κ2) is 2.14. The first kappa shape index (κ1) is 6.22. The Bertz CT molecular complexity index is 232. The van der Waals surface area contributed by atoms with Crippen LogP contribution in [0.2, 0.25) is 5.35 Å². The SMILES string of the molecule is CC(=O)c1nnc(Cl)o1. The lowest BCUT2D eigenvalue weighted by molar-refractivity contribution is 0.0980. The fourth-order valence-electron chi connectivity index (χ4n) is 0.348. The van der Waals surface area contributed by atoms with E-state index in [9.17, 15) is 4.79 Å². The molecule has 1 heterocycles. The molecule has 0 fully saturated rings. The number of carbonyl (C=O) groups excluding carboxylic acids is 1. The number of nitrogens with zero attached hydrogens (tertiary/aromatic N) is 2. The van der Waals surface area contributed by atoms with Gasteiger partial charge in [-0.2, -0.15) is 0 Å². The molecule has 0 aliphatic heterocycles. The van der Waals surface area contributed by atoms with E-state index in [2.05, 4.69) is 14.6 Å². The van der Waals surface area contributed by atoms with Crippen molar-refractivity contribution in [1.29, 1.82) is 0 Å². The third-order valence-corrected chi connectivity index (χ3v) is 0.854. The zero-order valence-corrected chi connectivity index (χ0v) is 5.34. The summed E-state index contributed by atoms with van der Waals surface area (Å²) in [6.07, 6.45) is 0. The summed E-state index contributed by atoms with van der Waals surface area (Å²) in [5, 5.41) is 6.47. The molecule has 0 aromatic carbocycles. The molecule has 1 rings (SSSR count). The zero-order valence-electron chi connectivity index (χ0n) is 4.59. The summed E-state index contributed by atoms with van der Waals surface area (Å²) in [6, 6.07) is 0. The van der Waals surface area contributed by atoms with Gasteiger partial charge in [-0.3, -0.25) is 4.79 Å². The molecule has 1 aromatic rings.